The van der Waals surface area contributed by atoms with Gasteiger partial charge in [-0.05, 0) is 24.5 Å². The summed E-state index contributed by atoms with van der Waals surface area (Å²) in [4.78, 5) is 4.22. The van der Waals surface area contributed by atoms with Crippen LogP contribution in [0.25, 0.3) is 0 Å². The highest BCUT2D eigenvalue weighted by atomic mass is 16.5. The summed E-state index contributed by atoms with van der Waals surface area (Å²) in [5.74, 6) is 1.33. The Balaban J connectivity index is 2.69. The van der Waals surface area contributed by atoms with Gasteiger partial charge in [0.05, 0.1) is 12.8 Å². The van der Waals surface area contributed by atoms with Crippen LogP contribution in [0.2, 0.25) is 0 Å². The van der Waals surface area contributed by atoms with Crippen molar-refractivity contribution >= 4 is 5.69 Å². The van der Waals surface area contributed by atoms with Crippen LogP contribution in [-0.4, -0.2) is 18.6 Å². The molecule has 84 valence electrons. The Morgan fingerprint density at radius 1 is 1.53 bits per heavy atom. The quantitative estimate of drug-likeness (QED) is 0.808. The lowest BCUT2D eigenvalue weighted by molar-refractivity contribution is 0.399. The first-order valence-corrected chi connectivity index (χ1v) is 5.41. The molecule has 0 bridgehead atoms. The number of hydrogen-bond donors (Lipinski definition) is 1. The van der Waals surface area contributed by atoms with Crippen molar-refractivity contribution in [2.24, 2.45) is 5.92 Å². The van der Waals surface area contributed by atoms with Crippen LogP contribution in [-0.2, 0) is 0 Å². The summed E-state index contributed by atoms with van der Waals surface area (Å²) in [6.07, 6.45) is 2.99. The number of ether oxygens (including phenoxy) is 1. The molecule has 1 heterocycles. The fourth-order valence-electron chi connectivity index (χ4n) is 1.27. The molecule has 3 heteroatoms. The zero-order valence-corrected chi connectivity index (χ0v) is 10.0. The van der Waals surface area contributed by atoms with Crippen LogP contribution in [0.5, 0.6) is 5.88 Å². The molecule has 0 aliphatic rings. The molecule has 3 nitrogen and oxygen atoms in total. The number of nitrogens with one attached hydrogen (secondary N) is 1. The van der Waals surface area contributed by atoms with Gasteiger partial charge in [0.15, 0.2) is 0 Å². The number of pyridine rings is 1. The molecule has 1 unspecified atom stereocenters. The van der Waals surface area contributed by atoms with Gasteiger partial charge < -0.3 is 10.1 Å². The van der Waals surface area contributed by atoms with E-state index in [1.54, 1.807) is 7.11 Å². The monoisotopic (exact) mass is 208 g/mol. The van der Waals surface area contributed by atoms with E-state index in [-0.39, 0.29) is 0 Å². The Kier molecular flexibility index (Phi) is 4.40. The highest BCUT2D eigenvalue weighted by Crippen LogP contribution is 2.22. The molecule has 0 aliphatic carbocycles. The second-order valence-corrected chi connectivity index (χ2v) is 3.96. The molecular formula is C12H20N2O. The Labute approximate surface area is 91.9 Å². The molecule has 0 aromatic carbocycles. The molecule has 1 aromatic rings. The van der Waals surface area contributed by atoms with Gasteiger partial charge in [-0.1, -0.05) is 20.3 Å². The predicted octanol–water partition coefficient (Wildman–Crippen LogP) is 2.86. The van der Waals surface area contributed by atoms with E-state index in [9.17, 15) is 0 Å². The van der Waals surface area contributed by atoms with E-state index in [4.69, 9.17) is 4.74 Å². The maximum absolute atomic E-state index is 5.19. The normalized spacial score (nSPS) is 12.3. The van der Waals surface area contributed by atoms with Crippen molar-refractivity contribution in [3.63, 3.8) is 0 Å². The van der Waals surface area contributed by atoms with E-state index >= 15 is 0 Å². The van der Waals surface area contributed by atoms with Gasteiger partial charge in [-0.2, -0.15) is 0 Å². The summed E-state index contributed by atoms with van der Waals surface area (Å²) in [5, 5.41) is 3.37. The smallest absolute Gasteiger partial charge is 0.237 e. The number of aryl methyl sites for hydroxylation is 1. The number of rotatable bonds is 5. The molecule has 0 fully saturated rings. The van der Waals surface area contributed by atoms with Crippen LogP contribution in [0, 0.1) is 12.8 Å². The van der Waals surface area contributed by atoms with Crippen LogP contribution in [0.3, 0.4) is 0 Å². The maximum atomic E-state index is 5.19. The third kappa shape index (κ3) is 3.42. The molecule has 0 amide bonds. The molecule has 1 rings (SSSR count). The highest BCUT2D eigenvalue weighted by Gasteiger charge is 2.05. The van der Waals surface area contributed by atoms with E-state index in [0.717, 1.165) is 17.8 Å². The number of aromatic nitrogens is 1. The summed E-state index contributed by atoms with van der Waals surface area (Å²) in [5.41, 5.74) is 2.13. The van der Waals surface area contributed by atoms with Crippen molar-refractivity contribution in [2.75, 3.05) is 19.0 Å². The molecule has 0 spiro atoms. The van der Waals surface area contributed by atoms with Crippen molar-refractivity contribution < 1.29 is 4.74 Å². The summed E-state index contributed by atoms with van der Waals surface area (Å²) in [6.45, 7) is 7.40. The molecule has 0 saturated heterocycles. The summed E-state index contributed by atoms with van der Waals surface area (Å²) < 4.78 is 5.19. The van der Waals surface area contributed by atoms with Gasteiger partial charge in [0.25, 0.3) is 0 Å². The molecular weight excluding hydrogens is 188 g/mol. The Morgan fingerprint density at radius 3 is 2.87 bits per heavy atom. The minimum atomic E-state index is 0.662. The van der Waals surface area contributed by atoms with Gasteiger partial charge in [-0.25, -0.2) is 4.98 Å². The topological polar surface area (TPSA) is 34.2 Å². The van der Waals surface area contributed by atoms with E-state index in [2.05, 4.69) is 30.2 Å². The lowest BCUT2D eigenvalue weighted by Crippen LogP contribution is -2.11. The second kappa shape index (κ2) is 5.59. The van der Waals surface area contributed by atoms with Gasteiger partial charge in [0, 0.05) is 12.7 Å². The fourth-order valence-corrected chi connectivity index (χ4v) is 1.27. The number of nitrogens with zero attached hydrogens (tertiary/aromatic N) is 1. The Bertz CT molecular complexity index is 312. The number of anilines is 1. The van der Waals surface area contributed by atoms with Gasteiger partial charge in [0.1, 0.15) is 0 Å². The van der Waals surface area contributed by atoms with E-state index in [1.165, 1.54) is 6.42 Å². The minimum absolute atomic E-state index is 0.662. The zero-order chi connectivity index (χ0) is 11.3. The zero-order valence-electron chi connectivity index (χ0n) is 10.0. The van der Waals surface area contributed by atoms with Crippen LogP contribution in [0.4, 0.5) is 5.69 Å². The van der Waals surface area contributed by atoms with E-state index < -0.39 is 0 Å². The maximum Gasteiger partial charge on any atom is 0.237 e. The lowest BCUT2D eigenvalue weighted by atomic mass is 10.1. The average molecular weight is 208 g/mol. The third-order valence-corrected chi connectivity index (χ3v) is 2.52. The summed E-state index contributed by atoms with van der Waals surface area (Å²) in [7, 11) is 1.64. The van der Waals surface area contributed by atoms with Gasteiger partial charge >= 0.3 is 0 Å². The van der Waals surface area contributed by atoms with E-state index in [1.807, 2.05) is 13.1 Å². The summed E-state index contributed by atoms with van der Waals surface area (Å²) in [6, 6.07) is 2.06. The van der Waals surface area contributed by atoms with Crippen molar-refractivity contribution in [1.82, 2.24) is 4.98 Å². The molecule has 1 atom stereocenters. The van der Waals surface area contributed by atoms with Gasteiger partial charge in [-0.3, -0.25) is 0 Å². The van der Waals surface area contributed by atoms with Gasteiger partial charge in [0.2, 0.25) is 5.88 Å². The Hall–Kier alpha value is -1.25. The molecule has 0 saturated carbocycles. The van der Waals surface area contributed by atoms with Crippen molar-refractivity contribution in [3.05, 3.63) is 17.8 Å². The Morgan fingerprint density at radius 2 is 2.27 bits per heavy atom. The first-order valence-electron chi connectivity index (χ1n) is 5.41. The van der Waals surface area contributed by atoms with Crippen molar-refractivity contribution in [3.8, 4) is 5.88 Å². The largest absolute Gasteiger partial charge is 0.480 e. The third-order valence-electron chi connectivity index (χ3n) is 2.52. The van der Waals surface area contributed by atoms with Crippen LogP contribution in [0.1, 0.15) is 25.8 Å². The minimum Gasteiger partial charge on any atom is -0.480 e. The van der Waals surface area contributed by atoms with Crippen molar-refractivity contribution in [2.45, 2.75) is 27.2 Å². The second-order valence-electron chi connectivity index (χ2n) is 3.96. The number of hydrogen-bond acceptors (Lipinski definition) is 3. The van der Waals surface area contributed by atoms with Crippen LogP contribution < -0.4 is 10.1 Å². The molecule has 1 N–H and O–H groups in total. The molecule has 0 radical (unpaired) electrons. The fraction of sp³-hybridized carbons (Fsp3) is 0.583. The number of methoxy groups -OCH3 is 1. The molecule has 15 heavy (non-hydrogen) atoms. The molecule has 1 aromatic heterocycles. The van der Waals surface area contributed by atoms with Gasteiger partial charge in [-0.15, -0.1) is 0 Å². The van der Waals surface area contributed by atoms with Crippen molar-refractivity contribution in [1.29, 1.82) is 0 Å². The SMILES string of the molecule is CCC(C)CNc1cc(C)cnc1OC. The van der Waals surface area contributed by atoms with Crippen LogP contribution >= 0.6 is 0 Å². The first kappa shape index (κ1) is 11.8. The average Bonchev–Trinajstić information content (AvgIpc) is 2.26. The molecule has 0 aliphatic heterocycles. The van der Waals surface area contributed by atoms with Crippen LogP contribution in [0.15, 0.2) is 12.3 Å². The lowest BCUT2D eigenvalue weighted by Gasteiger charge is -2.13. The highest BCUT2D eigenvalue weighted by molar-refractivity contribution is 5.53. The predicted molar refractivity (Wildman–Crippen MR) is 63.5 cm³/mol. The summed E-state index contributed by atoms with van der Waals surface area (Å²) >= 11 is 0. The standard InChI is InChI=1S/C12H20N2O/c1-5-9(2)7-13-11-6-10(3)8-14-12(11)15-4/h6,8-9,13H,5,7H2,1-4H3. The van der Waals surface area contributed by atoms with E-state index in [0.29, 0.717) is 11.8 Å². The first-order chi connectivity index (χ1) is 7.17.